The first-order valence-corrected chi connectivity index (χ1v) is 9.48. The summed E-state index contributed by atoms with van der Waals surface area (Å²) < 4.78 is 17.3. The van der Waals surface area contributed by atoms with Crippen molar-refractivity contribution in [1.82, 2.24) is 0 Å². The summed E-state index contributed by atoms with van der Waals surface area (Å²) in [6.45, 7) is 4.18. The summed E-state index contributed by atoms with van der Waals surface area (Å²) in [5.74, 6) is 0.672. The first kappa shape index (κ1) is 15.2. The molecule has 2 heterocycles. The maximum absolute atomic E-state index is 12.4. The molecule has 0 aromatic rings. The summed E-state index contributed by atoms with van der Waals surface area (Å²) in [6.07, 6.45) is 9.47. The van der Waals surface area contributed by atoms with E-state index in [-0.39, 0.29) is 17.2 Å². The first-order chi connectivity index (χ1) is 11.6. The predicted molar refractivity (Wildman–Crippen MR) is 88.1 cm³/mol. The smallest absolute Gasteiger partial charge is 0.312 e. The van der Waals surface area contributed by atoms with Crippen LogP contribution in [0.2, 0.25) is 0 Å². The van der Waals surface area contributed by atoms with E-state index in [1.54, 1.807) is 16.7 Å². The van der Waals surface area contributed by atoms with E-state index in [0.717, 1.165) is 58.2 Å². The van der Waals surface area contributed by atoms with E-state index in [1.165, 1.54) is 0 Å². The Balaban J connectivity index is 1.49. The summed E-state index contributed by atoms with van der Waals surface area (Å²) in [4.78, 5) is 12.4. The maximum atomic E-state index is 12.4. The second kappa shape index (κ2) is 5.18. The quantitative estimate of drug-likeness (QED) is 0.638. The van der Waals surface area contributed by atoms with Crippen LogP contribution >= 0.6 is 0 Å². The maximum Gasteiger partial charge on any atom is 0.312 e. The van der Waals surface area contributed by atoms with Gasteiger partial charge in [0.05, 0.1) is 25.2 Å². The number of ether oxygens (including phenoxy) is 3. The standard InChI is InChI=1S/C20H26O4/c1-19-7-4-15-14-5-8-20(23-10-11-24-20)12-13(14)2-3-16(15)17(19)6-9-22-18(19)21/h4,16-17H,2-3,5-12H2,1H3/t16?,17-,19?/m0/s1. The molecule has 0 saturated carbocycles. The largest absolute Gasteiger partial charge is 0.465 e. The van der Waals surface area contributed by atoms with Crippen LogP contribution in [0, 0.1) is 17.3 Å². The molecular formula is C20H26O4. The van der Waals surface area contributed by atoms with Crippen molar-refractivity contribution in [2.75, 3.05) is 19.8 Å². The fourth-order valence-corrected chi connectivity index (χ4v) is 5.86. The zero-order chi connectivity index (χ0) is 16.4. The molecule has 2 unspecified atom stereocenters. The van der Waals surface area contributed by atoms with Gasteiger partial charge in [0, 0.05) is 12.8 Å². The number of allylic oxidation sites excluding steroid dienone is 3. The van der Waals surface area contributed by atoms with Gasteiger partial charge in [0.25, 0.3) is 0 Å². The fraction of sp³-hybridized carbons (Fsp3) is 0.750. The van der Waals surface area contributed by atoms with Crippen molar-refractivity contribution >= 4 is 5.97 Å². The van der Waals surface area contributed by atoms with Crippen LogP contribution in [0.25, 0.3) is 0 Å². The second-order valence-corrected chi connectivity index (χ2v) is 8.32. The molecule has 2 fully saturated rings. The topological polar surface area (TPSA) is 44.8 Å². The zero-order valence-electron chi connectivity index (χ0n) is 14.4. The average molecular weight is 330 g/mol. The summed E-state index contributed by atoms with van der Waals surface area (Å²) in [7, 11) is 0. The monoisotopic (exact) mass is 330 g/mol. The molecule has 24 heavy (non-hydrogen) atoms. The number of carbonyl (C=O) groups is 1. The molecule has 0 radical (unpaired) electrons. The van der Waals surface area contributed by atoms with Crippen molar-refractivity contribution in [2.24, 2.45) is 17.3 Å². The van der Waals surface area contributed by atoms with Gasteiger partial charge in [0.2, 0.25) is 0 Å². The van der Waals surface area contributed by atoms with Gasteiger partial charge in [-0.1, -0.05) is 11.6 Å². The molecule has 0 aromatic heterocycles. The Hall–Kier alpha value is -1.13. The molecule has 1 spiro atoms. The van der Waals surface area contributed by atoms with Gasteiger partial charge in [-0.3, -0.25) is 4.79 Å². The van der Waals surface area contributed by atoms with Crippen LogP contribution in [0.4, 0.5) is 0 Å². The molecule has 2 saturated heterocycles. The lowest BCUT2D eigenvalue weighted by molar-refractivity contribution is -0.170. The Kier molecular flexibility index (Phi) is 3.27. The molecule has 130 valence electrons. The zero-order valence-corrected chi connectivity index (χ0v) is 14.4. The van der Waals surface area contributed by atoms with E-state index in [2.05, 4.69) is 13.0 Å². The van der Waals surface area contributed by atoms with Crippen LogP contribution in [0.5, 0.6) is 0 Å². The van der Waals surface area contributed by atoms with Crippen LogP contribution in [0.3, 0.4) is 0 Å². The molecular weight excluding hydrogens is 304 g/mol. The van der Waals surface area contributed by atoms with Gasteiger partial charge >= 0.3 is 5.97 Å². The molecule has 0 amide bonds. The lowest BCUT2D eigenvalue weighted by Crippen LogP contribution is -2.49. The fourth-order valence-electron chi connectivity index (χ4n) is 5.86. The minimum absolute atomic E-state index is 0.0178. The molecule has 2 aliphatic heterocycles. The Morgan fingerprint density at radius 2 is 1.96 bits per heavy atom. The Morgan fingerprint density at radius 1 is 1.12 bits per heavy atom. The third kappa shape index (κ3) is 2.02. The lowest BCUT2D eigenvalue weighted by atomic mass is 9.56. The summed E-state index contributed by atoms with van der Waals surface area (Å²) in [5, 5.41) is 0. The highest BCUT2D eigenvalue weighted by Gasteiger charge is 2.53. The highest BCUT2D eigenvalue weighted by Crippen LogP contribution is 2.56. The van der Waals surface area contributed by atoms with Crippen molar-refractivity contribution < 1.29 is 19.0 Å². The van der Waals surface area contributed by atoms with E-state index < -0.39 is 0 Å². The molecule has 0 N–H and O–H groups in total. The van der Waals surface area contributed by atoms with Crippen LogP contribution in [0.1, 0.15) is 51.9 Å². The second-order valence-electron chi connectivity index (χ2n) is 8.32. The molecule has 4 heteroatoms. The average Bonchev–Trinajstić information content (AvgIpc) is 3.03. The van der Waals surface area contributed by atoms with Crippen molar-refractivity contribution in [2.45, 2.75) is 57.7 Å². The Bertz CT molecular complexity index is 640. The summed E-state index contributed by atoms with van der Waals surface area (Å²) >= 11 is 0. The van der Waals surface area contributed by atoms with Crippen molar-refractivity contribution in [3.8, 4) is 0 Å². The van der Waals surface area contributed by atoms with Gasteiger partial charge in [0.15, 0.2) is 5.79 Å². The molecule has 3 atom stereocenters. The van der Waals surface area contributed by atoms with Gasteiger partial charge in [-0.15, -0.1) is 0 Å². The molecule has 0 aromatic carbocycles. The minimum atomic E-state index is -0.329. The van der Waals surface area contributed by atoms with Crippen LogP contribution < -0.4 is 0 Å². The summed E-state index contributed by atoms with van der Waals surface area (Å²) in [5.41, 5.74) is 4.35. The van der Waals surface area contributed by atoms with Crippen LogP contribution in [-0.4, -0.2) is 31.6 Å². The van der Waals surface area contributed by atoms with Crippen molar-refractivity contribution in [3.05, 3.63) is 22.8 Å². The van der Waals surface area contributed by atoms with Crippen LogP contribution in [0.15, 0.2) is 22.8 Å². The van der Waals surface area contributed by atoms with E-state index >= 15 is 0 Å². The number of hydrogen-bond acceptors (Lipinski definition) is 4. The molecule has 3 aliphatic carbocycles. The van der Waals surface area contributed by atoms with Crippen LogP contribution in [-0.2, 0) is 19.0 Å². The van der Waals surface area contributed by atoms with E-state index in [9.17, 15) is 4.79 Å². The normalized spacial score (nSPS) is 40.5. The first-order valence-electron chi connectivity index (χ1n) is 9.48. The Labute approximate surface area is 143 Å². The third-order valence-electron chi connectivity index (χ3n) is 7.16. The minimum Gasteiger partial charge on any atom is -0.465 e. The summed E-state index contributed by atoms with van der Waals surface area (Å²) in [6, 6.07) is 0. The van der Waals surface area contributed by atoms with Gasteiger partial charge in [-0.2, -0.15) is 0 Å². The molecule has 4 nitrogen and oxygen atoms in total. The highest BCUT2D eigenvalue weighted by molar-refractivity contribution is 5.78. The van der Waals surface area contributed by atoms with Gasteiger partial charge in [-0.25, -0.2) is 0 Å². The lowest BCUT2D eigenvalue weighted by Gasteiger charge is -2.50. The van der Waals surface area contributed by atoms with Gasteiger partial charge in [-0.05, 0) is 62.0 Å². The number of hydrogen-bond donors (Lipinski definition) is 0. The highest BCUT2D eigenvalue weighted by atomic mass is 16.7. The number of carbonyl (C=O) groups excluding carboxylic acids is 1. The number of rotatable bonds is 0. The number of fused-ring (bicyclic) bond motifs is 4. The van der Waals surface area contributed by atoms with Gasteiger partial charge in [0.1, 0.15) is 0 Å². The van der Waals surface area contributed by atoms with Gasteiger partial charge < -0.3 is 14.2 Å². The van der Waals surface area contributed by atoms with E-state index in [4.69, 9.17) is 14.2 Å². The van der Waals surface area contributed by atoms with Crippen molar-refractivity contribution in [3.63, 3.8) is 0 Å². The van der Waals surface area contributed by atoms with E-state index in [1.807, 2.05) is 0 Å². The van der Waals surface area contributed by atoms with Crippen molar-refractivity contribution in [1.29, 1.82) is 0 Å². The Morgan fingerprint density at radius 3 is 2.79 bits per heavy atom. The molecule has 5 aliphatic rings. The predicted octanol–water partition coefficient (Wildman–Crippen LogP) is 3.52. The number of esters is 1. The third-order valence-corrected chi connectivity index (χ3v) is 7.16. The van der Waals surface area contributed by atoms with E-state index in [0.29, 0.717) is 18.4 Å². The molecule has 5 rings (SSSR count). The number of cyclic esters (lactones) is 1. The SMILES string of the molecule is CC12CC=C3C4=C(CCC3[C@@H]1CCOC2=O)CC1(CC4)OCCO1. The molecule has 0 bridgehead atoms.